The molecule has 0 saturated carbocycles. The summed E-state index contributed by atoms with van der Waals surface area (Å²) >= 11 is 1.70. The average molecular weight is 305 g/mol. The second-order valence-corrected chi connectivity index (χ2v) is 6.26. The first-order valence-electron chi connectivity index (χ1n) is 7.15. The van der Waals surface area contributed by atoms with Gasteiger partial charge in [0.2, 0.25) is 5.91 Å². The van der Waals surface area contributed by atoms with Gasteiger partial charge in [0.1, 0.15) is 0 Å². The van der Waals surface area contributed by atoms with Gasteiger partial charge in [-0.25, -0.2) is 0 Å². The SMILES string of the molecule is Cc1cn[nH]c1[C@H]1COCCN1C(=O)CCc1cccs1. The number of thiophene rings is 1. The molecule has 112 valence electrons. The monoisotopic (exact) mass is 305 g/mol. The number of carbonyl (C=O) groups excluding carboxylic acids is 1. The maximum Gasteiger partial charge on any atom is 0.223 e. The predicted octanol–water partition coefficient (Wildman–Crippen LogP) is 2.31. The smallest absolute Gasteiger partial charge is 0.223 e. The lowest BCUT2D eigenvalue weighted by atomic mass is 10.1. The summed E-state index contributed by atoms with van der Waals surface area (Å²) in [6, 6.07) is 4.06. The zero-order valence-electron chi connectivity index (χ0n) is 12.0. The van der Waals surface area contributed by atoms with E-state index in [9.17, 15) is 4.79 Å². The number of rotatable bonds is 4. The number of aromatic amines is 1. The lowest BCUT2D eigenvalue weighted by Crippen LogP contribution is -2.43. The van der Waals surface area contributed by atoms with E-state index in [0.29, 0.717) is 26.2 Å². The number of hydrogen-bond acceptors (Lipinski definition) is 4. The number of carbonyl (C=O) groups is 1. The maximum atomic E-state index is 12.6. The topological polar surface area (TPSA) is 58.2 Å². The van der Waals surface area contributed by atoms with Crippen LogP contribution in [0, 0.1) is 6.92 Å². The van der Waals surface area contributed by atoms with Gasteiger partial charge in [0.15, 0.2) is 0 Å². The van der Waals surface area contributed by atoms with Crippen molar-refractivity contribution in [3.05, 3.63) is 39.8 Å². The molecule has 1 aliphatic heterocycles. The van der Waals surface area contributed by atoms with Crippen molar-refractivity contribution in [2.45, 2.75) is 25.8 Å². The van der Waals surface area contributed by atoms with Crippen molar-refractivity contribution >= 4 is 17.2 Å². The third-order valence-electron chi connectivity index (χ3n) is 3.82. The molecule has 21 heavy (non-hydrogen) atoms. The highest BCUT2D eigenvalue weighted by Crippen LogP contribution is 2.26. The summed E-state index contributed by atoms with van der Waals surface area (Å²) in [6.07, 6.45) is 3.14. The second-order valence-electron chi connectivity index (χ2n) is 5.22. The normalized spacial score (nSPS) is 18.9. The molecule has 0 unspecified atom stereocenters. The Morgan fingerprint density at radius 1 is 1.62 bits per heavy atom. The number of nitrogens with zero attached hydrogens (tertiary/aromatic N) is 2. The van der Waals surface area contributed by atoms with Gasteiger partial charge in [-0.15, -0.1) is 11.3 Å². The highest BCUT2D eigenvalue weighted by molar-refractivity contribution is 7.09. The molecule has 6 heteroatoms. The first-order chi connectivity index (χ1) is 10.3. The van der Waals surface area contributed by atoms with Crippen LogP contribution in [0.4, 0.5) is 0 Å². The Bertz CT molecular complexity index is 594. The number of nitrogens with one attached hydrogen (secondary N) is 1. The van der Waals surface area contributed by atoms with Crippen LogP contribution >= 0.6 is 11.3 Å². The summed E-state index contributed by atoms with van der Waals surface area (Å²) in [7, 11) is 0. The number of ether oxygens (including phenoxy) is 1. The Labute approximate surface area is 127 Å². The average Bonchev–Trinajstić information content (AvgIpc) is 3.16. The van der Waals surface area contributed by atoms with Gasteiger partial charge < -0.3 is 9.64 Å². The summed E-state index contributed by atoms with van der Waals surface area (Å²) in [6.45, 7) is 3.79. The zero-order chi connectivity index (χ0) is 14.7. The lowest BCUT2D eigenvalue weighted by molar-refractivity contribution is -0.140. The van der Waals surface area contributed by atoms with Crippen LogP contribution in [0.5, 0.6) is 0 Å². The third-order valence-corrected chi connectivity index (χ3v) is 4.75. The van der Waals surface area contributed by atoms with Crippen molar-refractivity contribution in [1.82, 2.24) is 15.1 Å². The van der Waals surface area contributed by atoms with E-state index >= 15 is 0 Å². The van der Waals surface area contributed by atoms with E-state index in [1.165, 1.54) is 4.88 Å². The predicted molar refractivity (Wildman–Crippen MR) is 81.2 cm³/mol. The quantitative estimate of drug-likeness (QED) is 0.943. The summed E-state index contributed by atoms with van der Waals surface area (Å²) < 4.78 is 5.55. The molecule has 0 bridgehead atoms. The molecule has 0 aromatic carbocycles. The van der Waals surface area contributed by atoms with E-state index in [2.05, 4.69) is 16.3 Å². The number of hydrogen-bond donors (Lipinski definition) is 1. The summed E-state index contributed by atoms with van der Waals surface area (Å²) in [5.41, 5.74) is 2.06. The van der Waals surface area contributed by atoms with Gasteiger partial charge in [-0.1, -0.05) is 6.07 Å². The summed E-state index contributed by atoms with van der Waals surface area (Å²) in [5.74, 6) is 0.186. The Balaban J connectivity index is 1.69. The molecule has 0 spiro atoms. The molecule has 1 aliphatic rings. The first-order valence-corrected chi connectivity index (χ1v) is 8.03. The van der Waals surface area contributed by atoms with E-state index in [0.717, 1.165) is 17.7 Å². The van der Waals surface area contributed by atoms with Crippen LogP contribution < -0.4 is 0 Å². The van der Waals surface area contributed by atoms with Crippen molar-refractivity contribution in [1.29, 1.82) is 0 Å². The molecular weight excluding hydrogens is 286 g/mol. The highest BCUT2D eigenvalue weighted by Gasteiger charge is 2.30. The number of H-pyrrole nitrogens is 1. The highest BCUT2D eigenvalue weighted by atomic mass is 32.1. The number of amides is 1. The van der Waals surface area contributed by atoms with Crippen LogP contribution in [0.25, 0.3) is 0 Å². The molecule has 5 nitrogen and oxygen atoms in total. The van der Waals surface area contributed by atoms with Crippen LogP contribution in [-0.4, -0.2) is 40.8 Å². The third kappa shape index (κ3) is 3.16. The zero-order valence-corrected chi connectivity index (χ0v) is 12.9. The molecule has 0 aliphatic carbocycles. The molecule has 2 aromatic rings. The molecule has 0 radical (unpaired) electrons. The Kier molecular flexibility index (Phi) is 4.36. The second kappa shape index (κ2) is 6.41. The Morgan fingerprint density at radius 3 is 3.24 bits per heavy atom. The van der Waals surface area contributed by atoms with Crippen LogP contribution in [0.1, 0.15) is 28.6 Å². The van der Waals surface area contributed by atoms with E-state index in [4.69, 9.17) is 4.74 Å². The molecule has 2 aromatic heterocycles. The minimum atomic E-state index is -0.0444. The molecule has 3 rings (SSSR count). The van der Waals surface area contributed by atoms with Crippen LogP contribution in [-0.2, 0) is 16.0 Å². The van der Waals surface area contributed by atoms with E-state index < -0.39 is 0 Å². The van der Waals surface area contributed by atoms with Gasteiger partial charge in [0.25, 0.3) is 0 Å². The van der Waals surface area contributed by atoms with Crippen molar-refractivity contribution in [2.24, 2.45) is 0 Å². The molecule has 1 N–H and O–H groups in total. The van der Waals surface area contributed by atoms with Gasteiger partial charge in [-0.05, 0) is 30.4 Å². The molecule has 1 atom stereocenters. The minimum absolute atomic E-state index is 0.0444. The molecule has 1 saturated heterocycles. The van der Waals surface area contributed by atoms with Gasteiger partial charge in [-0.3, -0.25) is 9.89 Å². The largest absolute Gasteiger partial charge is 0.377 e. The summed E-state index contributed by atoms with van der Waals surface area (Å²) in [5, 5.41) is 9.12. The number of aryl methyl sites for hydroxylation is 2. The molecule has 1 amide bonds. The van der Waals surface area contributed by atoms with Gasteiger partial charge in [-0.2, -0.15) is 5.10 Å². The molecular formula is C15H19N3O2S. The van der Waals surface area contributed by atoms with E-state index in [1.807, 2.05) is 23.3 Å². The fourth-order valence-electron chi connectivity index (χ4n) is 2.66. The Hall–Kier alpha value is -1.66. The number of morpholine rings is 1. The number of aromatic nitrogens is 2. The van der Waals surface area contributed by atoms with Crippen LogP contribution in [0.2, 0.25) is 0 Å². The fourth-order valence-corrected chi connectivity index (χ4v) is 3.37. The van der Waals surface area contributed by atoms with E-state index in [1.54, 1.807) is 17.5 Å². The van der Waals surface area contributed by atoms with Gasteiger partial charge >= 0.3 is 0 Å². The Morgan fingerprint density at radius 2 is 2.52 bits per heavy atom. The molecule has 3 heterocycles. The minimum Gasteiger partial charge on any atom is -0.377 e. The van der Waals surface area contributed by atoms with Crippen LogP contribution in [0.15, 0.2) is 23.7 Å². The molecule has 1 fully saturated rings. The fraction of sp³-hybridized carbons (Fsp3) is 0.467. The standard InChI is InChI=1S/C15H19N3O2S/c1-11-9-16-17-15(11)13-10-20-7-6-18(13)14(19)5-4-12-3-2-8-21-12/h2-3,8-9,13H,4-7,10H2,1H3,(H,16,17)/t13-/m1/s1. The van der Waals surface area contributed by atoms with Crippen LogP contribution in [0.3, 0.4) is 0 Å². The van der Waals surface area contributed by atoms with Gasteiger partial charge in [0, 0.05) is 17.8 Å². The van der Waals surface area contributed by atoms with Crippen molar-refractivity contribution in [2.75, 3.05) is 19.8 Å². The van der Waals surface area contributed by atoms with Gasteiger partial charge in [0.05, 0.1) is 31.1 Å². The van der Waals surface area contributed by atoms with Crippen molar-refractivity contribution < 1.29 is 9.53 Å². The van der Waals surface area contributed by atoms with Crippen molar-refractivity contribution in [3.63, 3.8) is 0 Å². The lowest BCUT2D eigenvalue weighted by Gasteiger charge is -2.35. The van der Waals surface area contributed by atoms with E-state index in [-0.39, 0.29) is 11.9 Å². The first kappa shape index (κ1) is 14.3. The maximum absolute atomic E-state index is 12.6. The van der Waals surface area contributed by atoms with Crippen molar-refractivity contribution in [3.8, 4) is 0 Å². The summed E-state index contributed by atoms with van der Waals surface area (Å²) in [4.78, 5) is 15.7.